The first-order valence-electron chi connectivity index (χ1n) is 12.0. The lowest BCUT2D eigenvalue weighted by molar-refractivity contribution is -0.0503. The molecule has 2 aromatic rings. The molecule has 0 aliphatic carbocycles. The number of ether oxygens (including phenoxy) is 1. The second-order valence-electron chi connectivity index (χ2n) is 9.33. The van der Waals surface area contributed by atoms with Crippen molar-refractivity contribution < 1.29 is 78.2 Å². The van der Waals surface area contributed by atoms with Crippen LogP contribution in [0.4, 0.5) is 5.95 Å². The molecule has 0 saturated carbocycles. The van der Waals surface area contributed by atoms with Crippen molar-refractivity contribution in [1.29, 1.82) is 0 Å². The van der Waals surface area contributed by atoms with E-state index < -0.39 is 103 Å². The van der Waals surface area contributed by atoms with Gasteiger partial charge < -0.3 is 77.5 Å². The lowest BCUT2D eigenvalue weighted by Gasteiger charge is -2.20. The van der Waals surface area contributed by atoms with E-state index in [0.717, 1.165) is 10.9 Å². The van der Waals surface area contributed by atoms with E-state index in [1.165, 1.54) is 0 Å². The van der Waals surface area contributed by atoms with E-state index in [9.17, 15) is 29.0 Å². The Bertz CT molecular complexity index is 1300. The zero-order valence-corrected chi connectivity index (χ0v) is 24.5. The van der Waals surface area contributed by atoms with Gasteiger partial charge in [0, 0.05) is 0 Å². The Labute approximate surface area is 246 Å². The molecular formula is C18H37N7O17P2. The van der Waals surface area contributed by atoms with Crippen molar-refractivity contribution in [3.8, 4) is 0 Å². The maximum Gasteiger partial charge on any atom is 0.481 e. The molecule has 256 valence electrons. The molecule has 1 fully saturated rings. The molecule has 18 N–H and O–H groups in total. The molecule has 1 unspecified atom stereocenters. The fraction of sp³-hybridized carbons (Fsp3) is 0.722. The normalized spacial score (nSPS) is 22.1. The second-order valence-corrected chi connectivity index (χ2v) is 12.2. The van der Waals surface area contributed by atoms with Gasteiger partial charge in [0.05, 0.1) is 63.7 Å². The predicted octanol–water partition coefficient (Wildman–Crippen LogP) is -7.13. The highest BCUT2D eigenvalue weighted by Gasteiger charge is 2.46. The van der Waals surface area contributed by atoms with E-state index in [0.29, 0.717) is 0 Å². The minimum atomic E-state index is -5.32. The second kappa shape index (κ2) is 16.5. The molecule has 2 aromatic heterocycles. The summed E-state index contributed by atoms with van der Waals surface area (Å²) >= 11 is 0. The molecule has 44 heavy (non-hydrogen) atoms. The number of hydrogen-bond acceptors (Lipinski definition) is 19. The van der Waals surface area contributed by atoms with Crippen molar-refractivity contribution in [2.75, 3.05) is 52.0 Å². The highest BCUT2D eigenvalue weighted by atomic mass is 31.3. The lowest BCUT2D eigenvalue weighted by Crippen LogP contribution is -2.50. The van der Waals surface area contributed by atoms with Gasteiger partial charge in [-0.05, 0) is 0 Å². The zero-order valence-electron chi connectivity index (χ0n) is 22.7. The van der Waals surface area contributed by atoms with Gasteiger partial charge in [0.2, 0.25) is 5.95 Å². The van der Waals surface area contributed by atoms with Gasteiger partial charge in [-0.25, -0.2) is 14.1 Å². The summed E-state index contributed by atoms with van der Waals surface area (Å²) in [4.78, 5) is 48.1. The molecule has 0 aromatic carbocycles. The highest BCUT2D eigenvalue weighted by Crippen LogP contribution is 2.57. The van der Waals surface area contributed by atoms with Crippen LogP contribution in [0, 0.1) is 0 Å². The van der Waals surface area contributed by atoms with Crippen LogP contribution in [0.2, 0.25) is 0 Å². The first kappa shape index (κ1) is 40.0. The number of aromatic amines is 1. The topological polar surface area (TPSA) is 426 Å². The third kappa shape index (κ3) is 11.4. The van der Waals surface area contributed by atoms with Crippen LogP contribution in [0.3, 0.4) is 0 Å². The first-order chi connectivity index (χ1) is 20.2. The Morgan fingerprint density at radius 1 is 0.932 bits per heavy atom. The maximum atomic E-state index is 11.8. The number of aromatic nitrogens is 4. The third-order valence-corrected chi connectivity index (χ3v) is 7.71. The average Bonchev–Trinajstić information content (AvgIpc) is 3.50. The molecule has 0 spiro atoms. The van der Waals surface area contributed by atoms with Crippen LogP contribution in [0.1, 0.15) is 6.23 Å². The number of rotatable bonds is 12. The van der Waals surface area contributed by atoms with Crippen molar-refractivity contribution in [1.82, 2.24) is 19.5 Å². The largest absolute Gasteiger partial charge is 0.481 e. The predicted molar refractivity (Wildman–Crippen MR) is 144 cm³/mol. The smallest absolute Gasteiger partial charge is 0.394 e. The number of phosphoric ester groups is 1. The zero-order chi connectivity index (χ0) is 34.1. The number of H-pyrrole nitrogens is 1. The Morgan fingerprint density at radius 2 is 1.41 bits per heavy atom. The van der Waals surface area contributed by atoms with Crippen molar-refractivity contribution in [3.63, 3.8) is 0 Å². The number of nitrogens with zero attached hydrogens (tertiary/aromatic N) is 3. The van der Waals surface area contributed by atoms with Crippen molar-refractivity contribution in [2.24, 2.45) is 11.5 Å². The standard InChI is InChI=1S/C10H15N5O11P2.2C4H11NO3/c11-10-13-7-4(8(18)14-10)12-2-15(7)9-6(17)5(16)3(25-9)1-24-28(22,23)26-27(19,20)21;2*5-4(1-6,2-7)3-8/h2-3,5-6,9,16-17H,1H2,(H,22,23)(H2,19,20,21)(H3,11,13,14,18);2*6-8H,1-3,5H2/t3-,5-,6-,9-;;/m1../s1. The fourth-order valence-corrected chi connectivity index (χ4v) is 4.45. The van der Waals surface area contributed by atoms with Crippen LogP contribution < -0.4 is 22.8 Å². The monoisotopic (exact) mass is 685 g/mol. The number of hydrogen-bond donors (Lipinski definition) is 15. The number of aliphatic hydroxyl groups excluding tert-OH is 8. The maximum absolute atomic E-state index is 11.8. The Hall–Kier alpha value is -2.03. The summed E-state index contributed by atoms with van der Waals surface area (Å²) in [5.41, 5.74) is 12.5. The molecule has 3 rings (SSSR count). The van der Waals surface area contributed by atoms with Crippen molar-refractivity contribution in [3.05, 3.63) is 16.7 Å². The molecule has 0 radical (unpaired) electrons. The Kier molecular flexibility index (Phi) is 15.0. The number of nitrogen functional groups attached to an aromatic ring is 1. The van der Waals surface area contributed by atoms with Crippen LogP contribution >= 0.6 is 15.6 Å². The van der Waals surface area contributed by atoms with Crippen LogP contribution in [0.25, 0.3) is 11.2 Å². The van der Waals surface area contributed by atoms with E-state index in [2.05, 4.69) is 23.8 Å². The van der Waals surface area contributed by atoms with Crippen LogP contribution in [-0.4, -0.2) is 151 Å². The number of nitrogens with two attached hydrogens (primary N) is 3. The summed E-state index contributed by atoms with van der Waals surface area (Å²) in [6, 6.07) is 0. The molecule has 1 saturated heterocycles. The number of phosphoric acid groups is 2. The molecule has 0 bridgehead atoms. The summed E-state index contributed by atoms with van der Waals surface area (Å²) in [5.74, 6) is -0.233. The summed E-state index contributed by atoms with van der Waals surface area (Å²) in [6.07, 6.45) is -4.88. The third-order valence-electron chi connectivity index (χ3n) is 5.56. The number of aliphatic hydroxyl groups is 8. The highest BCUT2D eigenvalue weighted by molar-refractivity contribution is 7.60. The van der Waals surface area contributed by atoms with Gasteiger partial charge in [0.1, 0.15) is 18.3 Å². The van der Waals surface area contributed by atoms with Gasteiger partial charge in [0.25, 0.3) is 5.56 Å². The minimum Gasteiger partial charge on any atom is -0.394 e. The summed E-state index contributed by atoms with van der Waals surface area (Å²) < 4.78 is 36.6. The van der Waals surface area contributed by atoms with E-state index in [4.69, 9.17) is 62.4 Å². The van der Waals surface area contributed by atoms with E-state index in [1.54, 1.807) is 0 Å². The number of nitrogens with one attached hydrogen (secondary N) is 1. The van der Waals surface area contributed by atoms with Gasteiger partial charge in [-0.1, -0.05) is 0 Å². The molecular weight excluding hydrogens is 648 g/mol. The first-order valence-corrected chi connectivity index (χ1v) is 15.0. The van der Waals surface area contributed by atoms with Crippen molar-refractivity contribution in [2.45, 2.75) is 35.6 Å². The summed E-state index contributed by atoms with van der Waals surface area (Å²) in [6.45, 7) is -3.29. The van der Waals surface area contributed by atoms with Crippen molar-refractivity contribution >= 4 is 32.8 Å². The van der Waals surface area contributed by atoms with Gasteiger partial charge in [0.15, 0.2) is 17.4 Å². The molecule has 26 heteroatoms. The molecule has 1 aliphatic heterocycles. The van der Waals surface area contributed by atoms with Gasteiger partial charge >= 0.3 is 15.6 Å². The molecule has 3 heterocycles. The van der Waals surface area contributed by atoms with Crippen LogP contribution in [-0.2, 0) is 22.7 Å². The van der Waals surface area contributed by atoms with Gasteiger partial charge in [-0.3, -0.25) is 18.9 Å². The molecule has 0 amide bonds. The Morgan fingerprint density at radius 3 is 1.82 bits per heavy atom. The summed E-state index contributed by atoms with van der Waals surface area (Å²) in [7, 11) is -10.5. The molecule has 5 atom stereocenters. The van der Waals surface area contributed by atoms with E-state index in [-0.39, 0.29) is 17.1 Å². The van der Waals surface area contributed by atoms with Gasteiger partial charge in [-0.2, -0.15) is 9.29 Å². The average molecular weight is 685 g/mol. The van der Waals surface area contributed by atoms with Gasteiger partial charge in [-0.15, -0.1) is 0 Å². The minimum absolute atomic E-state index is 0.0586. The molecule has 1 aliphatic rings. The van der Waals surface area contributed by atoms with E-state index >= 15 is 0 Å². The SMILES string of the molecule is NC(CO)(CO)CO.NC(CO)(CO)CO.Nc1nc2c(ncn2[C@@H]2O[C@H](COP(=O)(O)OP(=O)(O)O)[C@@H](O)[C@H]2O)c(=O)[nH]1. The fourth-order valence-electron chi connectivity index (χ4n) is 2.85. The summed E-state index contributed by atoms with van der Waals surface area (Å²) in [5, 5.41) is 70.3. The number of fused-ring (bicyclic) bond motifs is 1. The number of anilines is 1. The van der Waals surface area contributed by atoms with Crippen LogP contribution in [0.15, 0.2) is 11.1 Å². The molecule has 24 nitrogen and oxygen atoms in total. The quantitative estimate of drug-likeness (QED) is 0.0922. The Balaban J connectivity index is 0.000000498. The number of imidazole rings is 1. The van der Waals surface area contributed by atoms with Crippen LogP contribution in [0.5, 0.6) is 0 Å². The lowest BCUT2D eigenvalue weighted by atomic mass is 10.1. The van der Waals surface area contributed by atoms with E-state index in [1.807, 2.05) is 0 Å².